The maximum absolute atomic E-state index is 12.1. The molecule has 1 heterocycles. The number of benzene rings is 1. The first-order valence-corrected chi connectivity index (χ1v) is 7.04. The lowest BCUT2D eigenvalue weighted by molar-refractivity contribution is 0.0471. The molecule has 0 aliphatic rings. The number of fused-ring (bicyclic) bond motifs is 1. The van der Waals surface area contributed by atoms with E-state index in [1.165, 1.54) is 0 Å². The summed E-state index contributed by atoms with van der Waals surface area (Å²) in [5, 5.41) is 10.9. The van der Waals surface area contributed by atoms with E-state index < -0.39 is 17.7 Å². The molecule has 1 aromatic carbocycles. The number of aromatic hydroxyl groups is 1. The van der Waals surface area contributed by atoms with E-state index in [1.807, 2.05) is 0 Å². The highest BCUT2D eigenvalue weighted by Gasteiger charge is 2.27. The van der Waals surface area contributed by atoms with Gasteiger partial charge in [-0.3, -0.25) is 0 Å². The van der Waals surface area contributed by atoms with Gasteiger partial charge in [-0.2, -0.15) is 0 Å². The van der Waals surface area contributed by atoms with Gasteiger partial charge in [0.05, 0.1) is 23.8 Å². The second-order valence-corrected chi connectivity index (χ2v) is 4.67. The number of carbonyl (C=O) groups is 2. The number of rotatable bonds is 4. The molecule has 7 heteroatoms. The third-order valence-corrected chi connectivity index (χ3v) is 3.19. The third kappa shape index (κ3) is 2.82. The molecule has 22 heavy (non-hydrogen) atoms. The Morgan fingerprint density at radius 2 is 1.82 bits per heavy atom. The zero-order valence-electron chi connectivity index (χ0n) is 12.1. The summed E-state index contributed by atoms with van der Waals surface area (Å²) >= 11 is 6.03. The predicted octanol–water partition coefficient (Wildman–Crippen LogP) is 2.95. The van der Waals surface area contributed by atoms with Gasteiger partial charge in [-0.15, -0.1) is 0 Å². The zero-order valence-corrected chi connectivity index (χ0v) is 12.8. The number of ether oxygens (including phenoxy) is 2. The van der Waals surface area contributed by atoms with Crippen LogP contribution in [0, 0.1) is 0 Å². The van der Waals surface area contributed by atoms with Crippen LogP contribution in [0.1, 0.15) is 34.7 Å². The minimum atomic E-state index is -0.850. The summed E-state index contributed by atoms with van der Waals surface area (Å²) in [6.45, 7) is 3.43. The summed E-state index contributed by atoms with van der Waals surface area (Å²) in [4.78, 5) is 28.2. The van der Waals surface area contributed by atoms with Gasteiger partial charge in [-0.1, -0.05) is 17.7 Å². The summed E-state index contributed by atoms with van der Waals surface area (Å²) in [6, 6.07) is 4.71. The first kappa shape index (κ1) is 16.0. The molecule has 116 valence electrons. The fourth-order valence-corrected chi connectivity index (χ4v) is 2.20. The Bertz CT molecular complexity index is 744. The van der Waals surface area contributed by atoms with Crippen molar-refractivity contribution in [2.24, 2.45) is 0 Å². The molecule has 0 radical (unpaired) electrons. The number of hydrogen-bond donors (Lipinski definition) is 1. The average Bonchev–Trinajstić information content (AvgIpc) is 2.48. The molecule has 0 aliphatic carbocycles. The third-order valence-electron chi connectivity index (χ3n) is 2.89. The first-order chi connectivity index (χ1) is 10.5. The van der Waals surface area contributed by atoms with Gasteiger partial charge in [0.1, 0.15) is 11.3 Å². The van der Waals surface area contributed by atoms with Crippen LogP contribution in [0.3, 0.4) is 0 Å². The zero-order chi connectivity index (χ0) is 16.3. The van der Waals surface area contributed by atoms with E-state index in [0.717, 1.165) is 0 Å². The Morgan fingerprint density at radius 1 is 1.18 bits per heavy atom. The van der Waals surface area contributed by atoms with Crippen molar-refractivity contribution in [2.75, 3.05) is 13.2 Å². The number of pyridine rings is 1. The minimum Gasteiger partial charge on any atom is -0.506 e. The van der Waals surface area contributed by atoms with Crippen molar-refractivity contribution in [1.82, 2.24) is 4.98 Å². The standard InChI is InChI=1S/C15H14ClNO5/c1-3-21-14(19)10-12(15(20)22-4-2)17-11-8(13(10)18)6-5-7-9(11)16/h5-7H,3-4H2,1-2H3,(H,17,18). The Morgan fingerprint density at radius 3 is 2.45 bits per heavy atom. The molecule has 0 saturated heterocycles. The van der Waals surface area contributed by atoms with Crippen molar-refractivity contribution in [1.29, 1.82) is 0 Å². The number of carbonyl (C=O) groups excluding carboxylic acids is 2. The fourth-order valence-electron chi connectivity index (χ4n) is 1.98. The summed E-state index contributed by atoms with van der Waals surface area (Å²) < 4.78 is 9.75. The van der Waals surface area contributed by atoms with Gasteiger partial charge in [0.25, 0.3) is 0 Å². The van der Waals surface area contributed by atoms with Crippen molar-refractivity contribution in [2.45, 2.75) is 13.8 Å². The second-order valence-electron chi connectivity index (χ2n) is 4.26. The van der Waals surface area contributed by atoms with Gasteiger partial charge in [-0.25, -0.2) is 14.6 Å². The molecule has 1 N–H and O–H groups in total. The number of esters is 2. The van der Waals surface area contributed by atoms with Gasteiger partial charge in [-0.05, 0) is 26.0 Å². The summed E-state index contributed by atoms with van der Waals surface area (Å²) in [7, 11) is 0. The molecular weight excluding hydrogens is 310 g/mol. The van der Waals surface area contributed by atoms with E-state index in [2.05, 4.69) is 4.98 Å². The summed E-state index contributed by atoms with van der Waals surface area (Å²) in [5.74, 6) is -2.09. The molecule has 0 atom stereocenters. The summed E-state index contributed by atoms with van der Waals surface area (Å²) in [5.41, 5.74) is -0.439. The van der Waals surface area contributed by atoms with Crippen molar-refractivity contribution in [3.8, 4) is 5.75 Å². The Hall–Kier alpha value is -2.34. The Kier molecular flexibility index (Phi) is 4.82. The average molecular weight is 324 g/mol. The molecule has 2 aromatic rings. The van der Waals surface area contributed by atoms with Crippen LogP contribution in [0.2, 0.25) is 5.02 Å². The molecule has 0 amide bonds. The predicted molar refractivity (Wildman–Crippen MR) is 80.3 cm³/mol. The quantitative estimate of drug-likeness (QED) is 0.871. The molecule has 0 fully saturated rings. The van der Waals surface area contributed by atoms with E-state index in [9.17, 15) is 14.7 Å². The lowest BCUT2D eigenvalue weighted by Gasteiger charge is -2.12. The van der Waals surface area contributed by atoms with Crippen LogP contribution in [0.15, 0.2) is 18.2 Å². The maximum atomic E-state index is 12.1. The van der Waals surface area contributed by atoms with E-state index in [4.69, 9.17) is 21.1 Å². The number of aromatic nitrogens is 1. The van der Waals surface area contributed by atoms with Crippen LogP contribution in [0.25, 0.3) is 10.9 Å². The van der Waals surface area contributed by atoms with Crippen molar-refractivity contribution < 1.29 is 24.2 Å². The number of halogens is 1. The highest BCUT2D eigenvalue weighted by atomic mass is 35.5. The second kappa shape index (κ2) is 6.62. The number of nitrogens with zero attached hydrogens (tertiary/aromatic N) is 1. The molecule has 2 rings (SSSR count). The van der Waals surface area contributed by atoms with Gasteiger partial charge < -0.3 is 14.6 Å². The van der Waals surface area contributed by atoms with Crippen molar-refractivity contribution in [3.05, 3.63) is 34.5 Å². The van der Waals surface area contributed by atoms with Gasteiger partial charge in [0.15, 0.2) is 5.69 Å². The van der Waals surface area contributed by atoms with Crippen LogP contribution in [0.4, 0.5) is 0 Å². The van der Waals surface area contributed by atoms with E-state index >= 15 is 0 Å². The molecule has 0 saturated carbocycles. The van der Waals surface area contributed by atoms with E-state index in [0.29, 0.717) is 0 Å². The Labute approximate surface area is 131 Å². The molecule has 6 nitrogen and oxygen atoms in total. The normalized spacial score (nSPS) is 10.5. The Balaban J connectivity index is 2.78. The molecule has 0 aliphatic heterocycles. The van der Waals surface area contributed by atoms with Crippen LogP contribution in [-0.4, -0.2) is 35.2 Å². The van der Waals surface area contributed by atoms with Crippen molar-refractivity contribution in [3.63, 3.8) is 0 Å². The largest absolute Gasteiger partial charge is 0.506 e. The molecule has 0 bridgehead atoms. The fraction of sp³-hybridized carbons (Fsp3) is 0.267. The van der Waals surface area contributed by atoms with Crippen LogP contribution in [-0.2, 0) is 9.47 Å². The molecule has 0 spiro atoms. The molecular formula is C15H14ClNO5. The van der Waals surface area contributed by atoms with Crippen LogP contribution in [0.5, 0.6) is 5.75 Å². The van der Waals surface area contributed by atoms with Gasteiger partial charge in [0, 0.05) is 5.39 Å². The molecule has 1 aromatic heterocycles. The number of para-hydroxylation sites is 1. The smallest absolute Gasteiger partial charge is 0.357 e. The lowest BCUT2D eigenvalue weighted by Crippen LogP contribution is -2.16. The van der Waals surface area contributed by atoms with Crippen LogP contribution < -0.4 is 0 Å². The first-order valence-electron chi connectivity index (χ1n) is 6.66. The summed E-state index contributed by atoms with van der Waals surface area (Å²) in [6.07, 6.45) is 0. The SMILES string of the molecule is CCOC(=O)c1nc2c(Cl)cccc2c(O)c1C(=O)OCC. The van der Waals surface area contributed by atoms with Gasteiger partial charge in [0.2, 0.25) is 0 Å². The minimum absolute atomic E-state index is 0.0914. The van der Waals surface area contributed by atoms with Crippen LogP contribution >= 0.6 is 11.6 Å². The maximum Gasteiger partial charge on any atom is 0.357 e. The van der Waals surface area contributed by atoms with E-state index in [-0.39, 0.29) is 40.4 Å². The van der Waals surface area contributed by atoms with Gasteiger partial charge >= 0.3 is 11.9 Å². The topological polar surface area (TPSA) is 85.7 Å². The molecule has 0 unspecified atom stereocenters. The monoisotopic (exact) mass is 323 g/mol. The van der Waals surface area contributed by atoms with E-state index in [1.54, 1.807) is 32.0 Å². The van der Waals surface area contributed by atoms with Crippen molar-refractivity contribution >= 4 is 34.4 Å². The number of hydrogen-bond acceptors (Lipinski definition) is 6. The highest BCUT2D eigenvalue weighted by molar-refractivity contribution is 6.35. The highest BCUT2D eigenvalue weighted by Crippen LogP contribution is 2.33. The lowest BCUT2D eigenvalue weighted by atomic mass is 10.1.